The van der Waals surface area contributed by atoms with Gasteiger partial charge in [-0.25, -0.2) is 5.43 Å². The molecule has 1 aromatic carbocycles. The minimum atomic E-state index is -0.282. The number of carbonyl (C=O) groups excluding carboxylic acids is 1. The average molecular weight is 373 g/mol. The first-order chi connectivity index (χ1) is 12.2. The van der Waals surface area contributed by atoms with Gasteiger partial charge in [0.1, 0.15) is 5.75 Å². The summed E-state index contributed by atoms with van der Waals surface area (Å²) in [7, 11) is 0. The van der Waals surface area contributed by atoms with Crippen molar-refractivity contribution in [3.05, 3.63) is 52.2 Å². The third-order valence-electron chi connectivity index (χ3n) is 3.90. The van der Waals surface area contributed by atoms with E-state index in [1.54, 1.807) is 17.6 Å². The van der Waals surface area contributed by atoms with E-state index in [1.165, 1.54) is 5.56 Å². The minimum absolute atomic E-state index is 0.0630. The van der Waals surface area contributed by atoms with Gasteiger partial charge < -0.3 is 4.74 Å². The molecule has 0 aliphatic heterocycles. The Kier molecular flexibility index (Phi) is 6.59. The summed E-state index contributed by atoms with van der Waals surface area (Å²) in [6.45, 7) is 11.2. The van der Waals surface area contributed by atoms with Gasteiger partial charge >= 0.3 is 0 Å². The first-order valence-electron chi connectivity index (χ1n) is 8.74. The third kappa shape index (κ3) is 6.64. The molecule has 0 spiro atoms. The van der Waals surface area contributed by atoms with E-state index >= 15 is 0 Å². The van der Waals surface area contributed by atoms with Crippen molar-refractivity contribution in [3.8, 4) is 5.75 Å². The van der Waals surface area contributed by atoms with Crippen molar-refractivity contribution in [3.63, 3.8) is 0 Å². The fourth-order valence-corrected chi connectivity index (χ4v) is 3.73. The highest BCUT2D eigenvalue weighted by Crippen LogP contribution is 2.36. The number of hydrazone groups is 1. The van der Waals surface area contributed by atoms with Gasteiger partial charge in [-0.2, -0.15) is 5.10 Å². The van der Waals surface area contributed by atoms with Crippen LogP contribution >= 0.6 is 11.3 Å². The number of rotatable bonds is 7. The second-order valence-corrected chi connectivity index (χ2v) is 9.22. The molecule has 2 aromatic rings. The van der Waals surface area contributed by atoms with Crippen LogP contribution < -0.4 is 10.2 Å². The van der Waals surface area contributed by atoms with Gasteiger partial charge in [-0.3, -0.25) is 4.79 Å². The number of carbonyl (C=O) groups is 1. The summed E-state index contributed by atoms with van der Waals surface area (Å²) in [6.07, 6.45) is 2.71. The molecule has 0 radical (unpaired) electrons. The van der Waals surface area contributed by atoms with Crippen LogP contribution in [0.2, 0.25) is 0 Å². The SMILES string of the molecule is CC(C)(C)CC(C)(C)c1ccc(OCC(=O)NN=Cc2cccs2)cc1. The maximum absolute atomic E-state index is 11.8. The van der Waals surface area contributed by atoms with E-state index in [2.05, 4.69) is 57.3 Å². The van der Waals surface area contributed by atoms with E-state index in [-0.39, 0.29) is 23.3 Å². The van der Waals surface area contributed by atoms with Gasteiger partial charge in [0.25, 0.3) is 5.91 Å². The van der Waals surface area contributed by atoms with E-state index < -0.39 is 0 Å². The molecule has 0 atom stereocenters. The van der Waals surface area contributed by atoms with Gasteiger partial charge in [0.15, 0.2) is 6.61 Å². The number of benzene rings is 1. The zero-order chi connectivity index (χ0) is 19.2. The molecule has 1 aromatic heterocycles. The van der Waals surface area contributed by atoms with Crippen molar-refractivity contribution in [2.45, 2.75) is 46.5 Å². The number of nitrogens with zero attached hydrogens (tertiary/aromatic N) is 1. The molecule has 0 saturated heterocycles. The fraction of sp³-hybridized carbons (Fsp3) is 0.429. The number of ether oxygens (including phenoxy) is 1. The van der Waals surface area contributed by atoms with Crippen molar-refractivity contribution in [1.29, 1.82) is 0 Å². The Morgan fingerprint density at radius 2 is 1.85 bits per heavy atom. The Morgan fingerprint density at radius 1 is 1.15 bits per heavy atom. The summed E-state index contributed by atoms with van der Waals surface area (Å²) in [5.74, 6) is 0.396. The lowest BCUT2D eigenvalue weighted by molar-refractivity contribution is -0.123. The van der Waals surface area contributed by atoms with Crippen LogP contribution in [0.5, 0.6) is 5.75 Å². The summed E-state index contributed by atoms with van der Waals surface area (Å²) < 4.78 is 5.54. The van der Waals surface area contributed by atoms with E-state index in [9.17, 15) is 4.79 Å². The lowest BCUT2D eigenvalue weighted by Crippen LogP contribution is -2.25. The smallest absolute Gasteiger partial charge is 0.277 e. The molecule has 0 unspecified atom stereocenters. The van der Waals surface area contributed by atoms with Gasteiger partial charge in [0.2, 0.25) is 0 Å². The molecule has 26 heavy (non-hydrogen) atoms. The lowest BCUT2D eigenvalue weighted by atomic mass is 9.72. The van der Waals surface area contributed by atoms with Crippen molar-refractivity contribution in [2.75, 3.05) is 6.61 Å². The van der Waals surface area contributed by atoms with Crippen LogP contribution in [0.1, 0.15) is 51.5 Å². The second kappa shape index (κ2) is 8.49. The monoisotopic (exact) mass is 372 g/mol. The molecule has 1 amide bonds. The number of amides is 1. The average Bonchev–Trinajstić information content (AvgIpc) is 3.04. The maximum Gasteiger partial charge on any atom is 0.277 e. The molecule has 5 heteroatoms. The van der Waals surface area contributed by atoms with Crippen molar-refractivity contribution < 1.29 is 9.53 Å². The summed E-state index contributed by atoms with van der Waals surface area (Å²) in [6, 6.07) is 11.9. The van der Waals surface area contributed by atoms with Crippen LogP contribution in [0.15, 0.2) is 46.9 Å². The topological polar surface area (TPSA) is 50.7 Å². The molecule has 0 aliphatic rings. The number of nitrogens with one attached hydrogen (secondary N) is 1. The predicted molar refractivity (Wildman–Crippen MR) is 109 cm³/mol. The quantitative estimate of drug-likeness (QED) is 0.550. The van der Waals surface area contributed by atoms with Crippen LogP contribution in [0.4, 0.5) is 0 Å². The number of hydrogen-bond acceptors (Lipinski definition) is 4. The summed E-state index contributed by atoms with van der Waals surface area (Å²) in [5.41, 5.74) is 4.09. The molecule has 1 heterocycles. The van der Waals surface area contributed by atoms with E-state index in [1.807, 2.05) is 29.6 Å². The van der Waals surface area contributed by atoms with Crippen LogP contribution in [0, 0.1) is 5.41 Å². The Hall–Kier alpha value is -2.14. The van der Waals surface area contributed by atoms with Gasteiger partial charge in [0.05, 0.1) is 6.21 Å². The van der Waals surface area contributed by atoms with Crippen LogP contribution in [-0.4, -0.2) is 18.7 Å². The van der Waals surface area contributed by atoms with E-state index in [0.717, 1.165) is 11.3 Å². The number of hydrogen-bond donors (Lipinski definition) is 1. The van der Waals surface area contributed by atoms with Crippen LogP contribution in [-0.2, 0) is 10.2 Å². The molecule has 4 nitrogen and oxygen atoms in total. The highest BCUT2D eigenvalue weighted by molar-refractivity contribution is 7.11. The molecule has 0 bridgehead atoms. The molecular weight excluding hydrogens is 344 g/mol. The fourth-order valence-electron chi connectivity index (χ4n) is 3.14. The van der Waals surface area contributed by atoms with Gasteiger partial charge in [-0.15, -0.1) is 11.3 Å². The third-order valence-corrected chi connectivity index (χ3v) is 4.71. The Balaban J connectivity index is 1.84. The molecule has 1 N–H and O–H groups in total. The largest absolute Gasteiger partial charge is 0.484 e. The molecule has 0 saturated carbocycles. The minimum Gasteiger partial charge on any atom is -0.484 e. The van der Waals surface area contributed by atoms with Crippen molar-refractivity contribution in [1.82, 2.24) is 5.43 Å². The zero-order valence-corrected chi connectivity index (χ0v) is 17.0. The number of thiophene rings is 1. The molecule has 2 rings (SSSR count). The van der Waals surface area contributed by atoms with Crippen molar-refractivity contribution >= 4 is 23.5 Å². The standard InChI is InChI=1S/C21H28N2O2S/c1-20(2,3)15-21(4,5)16-8-10-17(11-9-16)25-14-19(24)23-22-13-18-7-6-12-26-18/h6-13H,14-15H2,1-5H3,(H,23,24). The Morgan fingerprint density at radius 3 is 2.42 bits per heavy atom. The first kappa shape index (κ1) is 20.2. The first-order valence-corrected chi connectivity index (χ1v) is 9.62. The summed E-state index contributed by atoms with van der Waals surface area (Å²) in [4.78, 5) is 12.8. The highest BCUT2D eigenvalue weighted by Gasteiger charge is 2.27. The lowest BCUT2D eigenvalue weighted by Gasteiger charge is -2.33. The van der Waals surface area contributed by atoms with Gasteiger partial charge in [0, 0.05) is 4.88 Å². The Bertz CT molecular complexity index is 726. The molecular formula is C21H28N2O2S. The summed E-state index contributed by atoms with van der Waals surface area (Å²) in [5, 5.41) is 5.87. The maximum atomic E-state index is 11.8. The molecule has 0 aliphatic carbocycles. The highest BCUT2D eigenvalue weighted by atomic mass is 32.1. The molecule has 140 valence electrons. The predicted octanol–water partition coefficient (Wildman–Crippen LogP) is 4.99. The van der Waals surface area contributed by atoms with Gasteiger partial charge in [-0.05, 0) is 46.4 Å². The normalized spacial score (nSPS) is 12.3. The van der Waals surface area contributed by atoms with Crippen molar-refractivity contribution in [2.24, 2.45) is 10.5 Å². The van der Waals surface area contributed by atoms with E-state index in [0.29, 0.717) is 5.75 Å². The van der Waals surface area contributed by atoms with Crippen LogP contribution in [0.3, 0.4) is 0 Å². The second-order valence-electron chi connectivity index (χ2n) is 8.24. The van der Waals surface area contributed by atoms with Crippen LogP contribution in [0.25, 0.3) is 0 Å². The van der Waals surface area contributed by atoms with Gasteiger partial charge in [-0.1, -0.05) is 52.8 Å². The summed E-state index contributed by atoms with van der Waals surface area (Å²) >= 11 is 1.56. The molecule has 0 fully saturated rings. The Labute approximate surface area is 160 Å². The zero-order valence-electron chi connectivity index (χ0n) is 16.2. The van der Waals surface area contributed by atoms with E-state index in [4.69, 9.17) is 4.74 Å².